The molecule has 0 aromatic heterocycles. The van der Waals surface area contributed by atoms with E-state index >= 15 is 0 Å². The van der Waals surface area contributed by atoms with Crippen LogP contribution in [0.4, 0.5) is 5.69 Å². The van der Waals surface area contributed by atoms with Crippen molar-refractivity contribution in [3.8, 4) is 22.6 Å². The van der Waals surface area contributed by atoms with E-state index in [-0.39, 0.29) is 17.1 Å². The number of rotatable bonds is 7. The van der Waals surface area contributed by atoms with E-state index in [0.29, 0.717) is 39.8 Å². The molecule has 0 aliphatic carbocycles. The molecule has 2 aromatic carbocycles. The third-order valence-electron chi connectivity index (χ3n) is 4.23. The van der Waals surface area contributed by atoms with Crippen LogP contribution in [0.2, 0.25) is 5.02 Å². The highest BCUT2D eigenvalue weighted by Gasteiger charge is 2.20. The van der Waals surface area contributed by atoms with E-state index in [1.165, 1.54) is 0 Å². The van der Waals surface area contributed by atoms with Gasteiger partial charge in [-0.2, -0.15) is 0 Å². The summed E-state index contributed by atoms with van der Waals surface area (Å²) in [6, 6.07) is 8.55. The molecule has 0 aliphatic heterocycles. The van der Waals surface area contributed by atoms with Crippen LogP contribution in [-0.2, 0) is 4.79 Å². The van der Waals surface area contributed by atoms with E-state index in [1.54, 1.807) is 44.6 Å². The number of carbonyl (C=O) groups excluding carboxylic acids is 1. The van der Waals surface area contributed by atoms with Gasteiger partial charge in [-0.05, 0) is 36.8 Å². The van der Waals surface area contributed by atoms with Gasteiger partial charge in [-0.25, -0.2) is 0 Å². The molecule has 2 aromatic rings. The van der Waals surface area contributed by atoms with Gasteiger partial charge in [0.05, 0.1) is 30.6 Å². The molecule has 0 bridgehead atoms. The van der Waals surface area contributed by atoms with Crippen molar-refractivity contribution in [1.82, 2.24) is 5.32 Å². The maximum atomic E-state index is 12.2. The van der Waals surface area contributed by atoms with Gasteiger partial charge in [0, 0.05) is 23.2 Å². The Hall–Kier alpha value is -3.06. The second-order valence-corrected chi connectivity index (χ2v) is 6.44. The number of nitrogens with two attached hydrogens (primary N) is 3. The average molecular weight is 405 g/mol. The number of hydrogen-bond donors (Lipinski definition) is 4. The van der Waals surface area contributed by atoms with Gasteiger partial charge in [0.25, 0.3) is 5.91 Å². The molecule has 0 unspecified atom stereocenters. The van der Waals surface area contributed by atoms with Crippen molar-refractivity contribution < 1.29 is 14.3 Å². The number of amides is 1. The highest BCUT2D eigenvalue weighted by Crippen LogP contribution is 2.43. The summed E-state index contributed by atoms with van der Waals surface area (Å²) in [7, 11) is 3.10. The smallest absolute Gasteiger partial charge is 0.269 e. The second kappa shape index (κ2) is 9.23. The molecule has 0 spiro atoms. The standard InChI is InChI=1S/C20H25ClN4O3/c1-4-9-25-20(26)19(24)18(23)12-6-7-14(21)16(17(12)22)13-10-11(27-2)5-8-15(13)28-3/h5-8,10H,4,9,22-24H2,1-3H3,(H,25,26)/b19-18+. The van der Waals surface area contributed by atoms with Crippen LogP contribution >= 0.6 is 11.6 Å². The summed E-state index contributed by atoms with van der Waals surface area (Å²) in [6.45, 7) is 2.43. The first-order valence-electron chi connectivity index (χ1n) is 8.69. The fourth-order valence-electron chi connectivity index (χ4n) is 2.71. The van der Waals surface area contributed by atoms with E-state index in [9.17, 15) is 4.79 Å². The minimum absolute atomic E-state index is 0.0749. The molecular weight excluding hydrogens is 380 g/mol. The van der Waals surface area contributed by atoms with E-state index in [0.717, 1.165) is 6.42 Å². The van der Waals surface area contributed by atoms with Crippen molar-refractivity contribution in [3.05, 3.63) is 46.6 Å². The molecule has 0 heterocycles. The molecule has 0 saturated heterocycles. The van der Waals surface area contributed by atoms with Crippen LogP contribution in [0, 0.1) is 0 Å². The van der Waals surface area contributed by atoms with Crippen LogP contribution in [-0.4, -0.2) is 26.7 Å². The van der Waals surface area contributed by atoms with E-state index < -0.39 is 5.91 Å². The number of methoxy groups -OCH3 is 2. The Morgan fingerprint density at radius 3 is 2.46 bits per heavy atom. The minimum atomic E-state index is -0.450. The Balaban J connectivity index is 2.64. The highest BCUT2D eigenvalue weighted by atomic mass is 35.5. The molecule has 0 aliphatic rings. The Morgan fingerprint density at radius 1 is 1.14 bits per heavy atom. The van der Waals surface area contributed by atoms with Gasteiger partial charge in [-0.15, -0.1) is 0 Å². The molecule has 0 atom stereocenters. The molecule has 0 saturated carbocycles. The van der Waals surface area contributed by atoms with Crippen LogP contribution in [0.15, 0.2) is 36.0 Å². The Morgan fingerprint density at radius 2 is 1.86 bits per heavy atom. The van der Waals surface area contributed by atoms with Crippen molar-refractivity contribution >= 4 is 28.9 Å². The maximum Gasteiger partial charge on any atom is 0.269 e. The quantitative estimate of drug-likeness (QED) is 0.415. The normalized spacial score (nSPS) is 11.6. The summed E-state index contributed by atoms with van der Waals surface area (Å²) < 4.78 is 10.7. The number of benzene rings is 2. The second-order valence-electron chi connectivity index (χ2n) is 6.03. The van der Waals surface area contributed by atoms with Gasteiger partial charge < -0.3 is 32.0 Å². The van der Waals surface area contributed by atoms with Gasteiger partial charge in [0.1, 0.15) is 17.2 Å². The largest absolute Gasteiger partial charge is 0.497 e. The van der Waals surface area contributed by atoms with Crippen LogP contribution in [0.5, 0.6) is 11.5 Å². The zero-order valence-electron chi connectivity index (χ0n) is 16.1. The molecule has 0 radical (unpaired) electrons. The van der Waals surface area contributed by atoms with Crippen molar-refractivity contribution in [2.24, 2.45) is 11.5 Å². The number of ether oxygens (including phenoxy) is 2. The Bertz CT molecular complexity index is 913. The van der Waals surface area contributed by atoms with Crippen molar-refractivity contribution in [1.29, 1.82) is 0 Å². The predicted molar refractivity (Wildman–Crippen MR) is 113 cm³/mol. The van der Waals surface area contributed by atoms with Crippen molar-refractivity contribution in [3.63, 3.8) is 0 Å². The fourth-order valence-corrected chi connectivity index (χ4v) is 2.98. The number of hydrogen-bond acceptors (Lipinski definition) is 6. The lowest BCUT2D eigenvalue weighted by Crippen LogP contribution is -2.31. The Kier molecular flexibility index (Phi) is 7.00. The van der Waals surface area contributed by atoms with Crippen LogP contribution in [0.3, 0.4) is 0 Å². The SMILES string of the molecule is CCCNC(=O)/C(N)=C(\N)c1ccc(Cl)c(-c2cc(OC)ccc2OC)c1N. The van der Waals surface area contributed by atoms with Gasteiger partial charge in [0.15, 0.2) is 0 Å². The lowest BCUT2D eigenvalue weighted by molar-refractivity contribution is -0.117. The lowest BCUT2D eigenvalue weighted by atomic mass is 9.97. The first-order chi connectivity index (χ1) is 13.3. The summed E-state index contributed by atoms with van der Waals surface area (Å²) in [4.78, 5) is 12.2. The third kappa shape index (κ3) is 4.26. The number of nitrogens with one attached hydrogen (secondary N) is 1. The number of nitrogen functional groups attached to an aromatic ring is 1. The molecule has 150 valence electrons. The Labute approximate surface area is 169 Å². The molecule has 1 amide bonds. The molecule has 7 N–H and O–H groups in total. The van der Waals surface area contributed by atoms with Gasteiger partial charge in [-0.1, -0.05) is 18.5 Å². The van der Waals surface area contributed by atoms with Crippen molar-refractivity contribution in [2.75, 3.05) is 26.5 Å². The summed E-state index contributed by atoms with van der Waals surface area (Å²) >= 11 is 6.43. The summed E-state index contributed by atoms with van der Waals surface area (Å²) in [5, 5.41) is 3.09. The summed E-state index contributed by atoms with van der Waals surface area (Å²) in [5.74, 6) is 0.718. The number of halogens is 1. The molecule has 0 fully saturated rings. The molecular formula is C20H25ClN4O3. The zero-order chi connectivity index (χ0) is 20.8. The first kappa shape index (κ1) is 21.2. The van der Waals surface area contributed by atoms with E-state index in [4.69, 9.17) is 38.3 Å². The molecule has 2 rings (SSSR count). The fraction of sp³-hybridized carbons (Fsp3) is 0.250. The molecule has 28 heavy (non-hydrogen) atoms. The minimum Gasteiger partial charge on any atom is -0.497 e. The first-order valence-corrected chi connectivity index (χ1v) is 9.07. The average Bonchev–Trinajstić information content (AvgIpc) is 2.70. The topological polar surface area (TPSA) is 126 Å². The van der Waals surface area contributed by atoms with Gasteiger partial charge >= 0.3 is 0 Å². The highest BCUT2D eigenvalue weighted by molar-refractivity contribution is 6.34. The predicted octanol–water partition coefficient (Wildman–Crippen LogP) is 2.72. The van der Waals surface area contributed by atoms with Crippen LogP contribution in [0.25, 0.3) is 16.8 Å². The third-order valence-corrected chi connectivity index (χ3v) is 4.55. The summed E-state index contributed by atoms with van der Waals surface area (Å²) in [5.41, 5.74) is 20.3. The molecule has 8 heteroatoms. The van der Waals surface area contributed by atoms with E-state index in [2.05, 4.69) is 5.32 Å². The molecule has 7 nitrogen and oxygen atoms in total. The van der Waals surface area contributed by atoms with E-state index in [1.807, 2.05) is 6.92 Å². The van der Waals surface area contributed by atoms with Crippen LogP contribution in [0.1, 0.15) is 18.9 Å². The van der Waals surface area contributed by atoms with Gasteiger partial charge in [0.2, 0.25) is 0 Å². The van der Waals surface area contributed by atoms with Gasteiger partial charge in [-0.3, -0.25) is 4.79 Å². The van der Waals surface area contributed by atoms with Crippen LogP contribution < -0.4 is 32.0 Å². The number of carbonyl (C=O) groups is 1. The lowest BCUT2D eigenvalue weighted by Gasteiger charge is -2.17. The maximum absolute atomic E-state index is 12.2. The zero-order valence-corrected chi connectivity index (χ0v) is 16.9. The monoisotopic (exact) mass is 404 g/mol. The summed E-state index contributed by atoms with van der Waals surface area (Å²) in [6.07, 6.45) is 0.780. The van der Waals surface area contributed by atoms with Crippen molar-refractivity contribution in [2.45, 2.75) is 13.3 Å². The number of anilines is 1.